The smallest absolute Gasteiger partial charge is 0.242 e. The molecule has 0 atom stereocenters. The summed E-state index contributed by atoms with van der Waals surface area (Å²) in [4.78, 5) is -0.149. The Morgan fingerprint density at radius 2 is 1.95 bits per heavy atom. The maximum Gasteiger partial charge on any atom is 0.242 e. The van der Waals surface area contributed by atoms with Gasteiger partial charge in [0, 0.05) is 12.1 Å². The van der Waals surface area contributed by atoms with Crippen LogP contribution in [0.5, 0.6) is 0 Å². The van der Waals surface area contributed by atoms with Crippen molar-refractivity contribution in [2.45, 2.75) is 31.2 Å². The highest BCUT2D eigenvalue weighted by molar-refractivity contribution is 7.89. The standard InChI is InChI=1S/C11H16ClFN2O2S.ClH/c1-7-4-10(8(12)5-9(7)13)18(16,17)15-11(2,3)6-14;/h4-5,15H,6,14H2,1-3H3;1H. The van der Waals surface area contributed by atoms with Crippen LogP contribution in [0, 0.1) is 12.7 Å². The topological polar surface area (TPSA) is 72.2 Å². The predicted octanol–water partition coefficient (Wildman–Crippen LogP) is 2.22. The lowest BCUT2D eigenvalue weighted by Crippen LogP contribution is -2.48. The van der Waals surface area contributed by atoms with Crippen molar-refractivity contribution in [1.82, 2.24) is 4.72 Å². The van der Waals surface area contributed by atoms with Crippen LogP contribution < -0.4 is 10.5 Å². The second-order valence-corrected chi connectivity index (χ2v) is 6.78. The molecule has 0 bridgehead atoms. The molecule has 0 spiro atoms. The van der Waals surface area contributed by atoms with Crippen LogP contribution in [0.3, 0.4) is 0 Å². The molecule has 0 saturated heterocycles. The molecule has 0 heterocycles. The molecule has 19 heavy (non-hydrogen) atoms. The highest BCUT2D eigenvalue weighted by Crippen LogP contribution is 2.25. The maximum atomic E-state index is 13.2. The number of rotatable bonds is 4. The molecule has 1 aromatic rings. The average molecular weight is 331 g/mol. The third-order valence-electron chi connectivity index (χ3n) is 2.42. The van der Waals surface area contributed by atoms with Crippen LogP contribution in [-0.2, 0) is 10.0 Å². The first-order valence-corrected chi connectivity index (χ1v) is 7.15. The van der Waals surface area contributed by atoms with Gasteiger partial charge in [-0.2, -0.15) is 0 Å². The minimum atomic E-state index is -3.83. The zero-order valence-electron chi connectivity index (χ0n) is 10.8. The van der Waals surface area contributed by atoms with Gasteiger partial charge < -0.3 is 5.73 Å². The van der Waals surface area contributed by atoms with Gasteiger partial charge in [0.15, 0.2) is 0 Å². The Morgan fingerprint density at radius 3 is 2.42 bits per heavy atom. The molecule has 0 radical (unpaired) electrons. The quantitative estimate of drug-likeness (QED) is 0.889. The molecule has 0 aliphatic rings. The summed E-state index contributed by atoms with van der Waals surface area (Å²) in [5, 5.41) is -0.154. The van der Waals surface area contributed by atoms with Crippen molar-refractivity contribution in [3.8, 4) is 0 Å². The van der Waals surface area contributed by atoms with Crippen molar-refractivity contribution >= 4 is 34.0 Å². The SMILES string of the molecule is Cc1cc(S(=O)(=O)NC(C)(C)CN)c(Cl)cc1F.Cl. The normalized spacial score (nSPS) is 12.1. The van der Waals surface area contributed by atoms with Gasteiger partial charge in [0.2, 0.25) is 10.0 Å². The molecule has 0 fully saturated rings. The minimum absolute atomic E-state index is 0. The van der Waals surface area contributed by atoms with E-state index in [4.69, 9.17) is 17.3 Å². The predicted molar refractivity (Wildman–Crippen MR) is 76.8 cm³/mol. The average Bonchev–Trinajstić information content (AvgIpc) is 2.21. The summed E-state index contributed by atoms with van der Waals surface area (Å²) in [6, 6.07) is 2.19. The first kappa shape index (κ1) is 18.6. The maximum absolute atomic E-state index is 13.2. The first-order valence-electron chi connectivity index (χ1n) is 5.29. The van der Waals surface area contributed by atoms with E-state index in [1.54, 1.807) is 13.8 Å². The monoisotopic (exact) mass is 330 g/mol. The zero-order chi connectivity index (χ0) is 14.1. The molecule has 1 rings (SSSR count). The largest absolute Gasteiger partial charge is 0.329 e. The van der Waals surface area contributed by atoms with E-state index in [-0.39, 0.29) is 34.4 Å². The Morgan fingerprint density at radius 1 is 1.42 bits per heavy atom. The van der Waals surface area contributed by atoms with Crippen LogP contribution >= 0.6 is 24.0 Å². The fourth-order valence-electron chi connectivity index (χ4n) is 1.30. The molecular formula is C11H17Cl2FN2O2S. The molecule has 0 aliphatic heterocycles. The molecule has 8 heteroatoms. The lowest BCUT2D eigenvalue weighted by Gasteiger charge is -2.24. The molecule has 0 aliphatic carbocycles. The summed E-state index contributed by atoms with van der Waals surface area (Å²) >= 11 is 5.77. The summed E-state index contributed by atoms with van der Waals surface area (Å²) in [5.74, 6) is -0.544. The van der Waals surface area contributed by atoms with E-state index >= 15 is 0 Å². The molecule has 1 aromatic carbocycles. The van der Waals surface area contributed by atoms with E-state index in [9.17, 15) is 12.8 Å². The molecule has 0 aromatic heterocycles. The van der Waals surface area contributed by atoms with Crippen LogP contribution in [0.15, 0.2) is 17.0 Å². The molecule has 3 N–H and O–H groups in total. The summed E-state index contributed by atoms with van der Waals surface area (Å²) in [6.45, 7) is 4.90. The molecule has 110 valence electrons. The number of nitrogens with one attached hydrogen (secondary N) is 1. The van der Waals surface area contributed by atoms with Gasteiger partial charge in [0.25, 0.3) is 0 Å². The van der Waals surface area contributed by atoms with Crippen molar-refractivity contribution in [1.29, 1.82) is 0 Å². The lowest BCUT2D eigenvalue weighted by atomic mass is 10.1. The van der Waals surface area contributed by atoms with Crippen LogP contribution in [0.4, 0.5) is 4.39 Å². The number of nitrogens with two attached hydrogens (primary N) is 1. The van der Waals surface area contributed by atoms with Crippen molar-refractivity contribution in [3.63, 3.8) is 0 Å². The number of halogens is 3. The Hall–Kier alpha value is -0.400. The summed E-state index contributed by atoms with van der Waals surface area (Å²) in [6.07, 6.45) is 0. The second-order valence-electron chi connectivity index (χ2n) is 4.73. The van der Waals surface area contributed by atoms with Crippen molar-refractivity contribution in [3.05, 3.63) is 28.5 Å². The molecule has 0 amide bonds. The van der Waals surface area contributed by atoms with Gasteiger partial charge in [-0.25, -0.2) is 17.5 Å². The third-order valence-corrected chi connectivity index (χ3v) is 4.59. The van der Waals surface area contributed by atoms with Gasteiger partial charge in [0.05, 0.1) is 5.02 Å². The van der Waals surface area contributed by atoms with Gasteiger partial charge in [-0.3, -0.25) is 0 Å². The highest BCUT2D eigenvalue weighted by atomic mass is 35.5. The van der Waals surface area contributed by atoms with E-state index in [1.165, 1.54) is 13.0 Å². The van der Waals surface area contributed by atoms with Gasteiger partial charge in [0.1, 0.15) is 10.7 Å². The van der Waals surface area contributed by atoms with E-state index in [0.717, 1.165) is 6.07 Å². The van der Waals surface area contributed by atoms with Gasteiger partial charge in [-0.05, 0) is 38.5 Å². The van der Waals surface area contributed by atoms with Crippen LogP contribution in [-0.4, -0.2) is 20.5 Å². The number of hydrogen-bond acceptors (Lipinski definition) is 3. The minimum Gasteiger partial charge on any atom is -0.329 e. The van der Waals surface area contributed by atoms with Crippen LogP contribution in [0.1, 0.15) is 19.4 Å². The van der Waals surface area contributed by atoms with Crippen molar-refractivity contribution in [2.24, 2.45) is 5.73 Å². The van der Waals surface area contributed by atoms with Gasteiger partial charge in [-0.15, -0.1) is 12.4 Å². The van der Waals surface area contributed by atoms with E-state index in [0.29, 0.717) is 0 Å². The fraction of sp³-hybridized carbons (Fsp3) is 0.455. The summed E-state index contributed by atoms with van der Waals surface area (Å²) in [7, 11) is -3.83. The van der Waals surface area contributed by atoms with E-state index in [1.807, 2.05) is 0 Å². The number of benzene rings is 1. The van der Waals surface area contributed by atoms with Crippen LogP contribution in [0.25, 0.3) is 0 Å². The molecule has 0 saturated carbocycles. The highest BCUT2D eigenvalue weighted by Gasteiger charge is 2.27. The lowest BCUT2D eigenvalue weighted by molar-refractivity contribution is 0.462. The van der Waals surface area contributed by atoms with Gasteiger partial charge in [-0.1, -0.05) is 11.6 Å². The van der Waals surface area contributed by atoms with E-state index < -0.39 is 21.4 Å². The summed E-state index contributed by atoms with van der Waals surface area (Å²) < 4.78 is 39.9. The van der Waals surface area contributed by atoms with Crippen molar-refractivity contribution in [2.75, 3.05) is 6.54 Å². The molecular weight excluding hydrogens is 314 g/mol. The Balaban J connectivity index is 0.00000324. The Bertz CT molecular complexity index is 562. The fourth-order valence-corrected chi connectivity index (χ4v) is 3.32. The molecule has 0 unspecified atom stereocenters. The molecule has 4 nitrogen and oxygen atoms in total. The first-order chi connectivity index (χ1) is 8.09. The number of aryl methyl sites for hydroxylation is 1. The van der Waals surface area contributed by atoms with Crippen LogP contribution in [0.2, 0.25) is 5.02 Å². The Kier molecular flexibility index (Phi) is 6.23. The number of hydrogen-bond donors (Lipinski definition) is 2. The van der Waals surface area contributed by atoms with Gasteiger partial charge >= 0.3 is 0 Å². The number of sulfonamides is 1. The van der Waals surface area contributed by atoms with E-state index in [2.05, 4.69) is 4.72 Å². The second kappa shape index (κ2) is 6.37. The summed E-state index contributed by atoms with van der Waals surface area (Å²) in [5.41, 5.74) is 4.88. The van der Waals surface area contributed by atoms with Crippen molar-refractivity contribution < 1.29 is 12.8 Å². The zero-order valence-corrected chi connectivity index (χ0v) is 13.2. The Labute approximate surface area is 124 Å². The third kappa shape index (κ3) is 4.57.